The summed E-state index contributed by atoms with van der Waals surface area (Å²) in [6.45, 7) is 1.49. The molecule has 0 saturated heterocycles. The van der Waals surface area contributed by atoms with Crippen LogP contribution in [0.4, 0.5) is 11.4 Å². The second kappa shape index (κ2) is 4.89. The number of anilines is 2. The van der Waals surface area contributed by atoms with Crippen molar-refractivity contribution in [3.8, 4) is 0 Å². The molecule has 1 aliphatic heterocycles. The first-order valence-electron chi connectivity index (χ1n) is 5.54. The van der Waals surface area contributed by atoms with Gasteiger partial charge in [0, 0.05) is 17.6 Å². The molecule has 1 aromatic carbocycles. The topological polar surface area (TPSA) is 69.6 Å². The SMILES string of the molecule is CNc1ccc2c(c1)N(CC(=O)O)C(=O)C(C)S2. The van der Waals surface area contributed by atoms with E-state index in [-0.39, 0.29) is 17.7 Å². The number of fused-ring (bicyclic) bond motifs is 1. The summed E-state index contributed by atoms with van der Waals surface area (Å²) in [6.07, 6.45) is 0. The van der Waals surface area contributed by atoms with Crippen LogP contribution in [0.2, 0.25) is 0 Å². The summed E-state index contributed by atoms with van der Waals surface area (Å²) >= 11 is 1.46. The smallest absolute Gasteiger partial charge is 0.323 e. The highest BCUT2D eigenvalue weighted by atomic mass is 32.2. The molecule has 0 radical (unpaired) electrons. The zero-order chi connectivity index (χ0) is 13.3. The Balaban J connectivity index is 2.45. The van der Waals surface area contributed by atoms with Crippen LogP contribution in [0.15, 0.2) is 23.1 Å². The monoisotopic (exact) mass is 266 g/mol. The molecule has 1 amide bonds. The Bertz CT molecular complexity index is 504. The summed E-state index contributed by atoms with van der Waals surface area (Å²) in [4.78, 5) is 25.2. The van der Waals surface area contributed by atoms with Crippen LogP contribution in [0, 0.1) is 0 Å². The number of rotatable bonds is 3. The lowest BCUT2D eigenvalue weighted by Gasteiger charge is -2.31. The van der Waals surface area contributed by atoms with Crippen molar-refractivity contribution in [2.24, 2.45) is 0 Å². The van der Waals surface area contributed by atoms with Gasteiger partial charge in [-0.3, -0.25) is 14.5 Å². The van der Waals surface area contributed by atoms with Crippen molar-refractivity contribution in [2.75, 3.05) is 23.8 Å². The van der Waals surface area contributed by atoms with Crippen molar-refractivity contribution >= 4 is 35.0 Å². The number of carboxylic acid groups (broad SMARTS) is 1. The first kappa shape index (κ1) is 12.8. The summed E-state index contributed by atoms with van der Waals surface area (Å²) in [7, 11) is 1.78. The number of nitrogens with zero attached hydrogens (tertiary/aromatic N) is 1. The predicted octanol–water partition coefficient (Wildman–Crippen LogP) is 1.64. The van der Waals surface area contributed by atoms with Crippen LogP contribution in [0.5, 0.6) is 0 Å². The second-order valence-electron chi connectivity index (χ2n) is 4.01. The van der Waals surface area contributed by atoms with E-state index < -0.39 is 5.97 Å². The largest absolute Gasteiger partial charge is 0.480 e. The Hall–Kier alpha value is -1.69. The van der Waals surface area contributed by atoms with E-state index in [0.717, 1.165) is 10.6 Å². The van der Waals surface area contributed by atoms with E-state index >= 15 is 0 Å². The minimum Gasteiger partial charge on any atom is -0.480 e. The Morgan fingerprint density at radius 3 is 2.89 bits per heavy atom. The molecule has 96 valence electrons. The average molecular weight is 266 g/mol. The van der Waals surface area contributed by atoms with Crippen LogP contribution >= 0.6 is 11.8 Å². The summed E-state index contributed by atoms with van der Waals surface area (Å²) in [5.74, 6) is -1.17. The first-order chi connectivity index (χ1) is 8.52. The molecular formula is C12H14N2O3S. The molecule has 1 aliphatic rings. The molecule has 0 spiro atoms. The second-order valence-corrected chi connectivity index (χ2v) is 5.39. The van der Waals surface area contributed by atoms with Crippen molar-refractivity contribution in [3.63, 3.8) is 0 Å². The van der Waals surface area contributed by atoms with E-state index in [2.05, 4.69) is 5.32 Å². The van der Waals surface area contributed by atoms with Gasteiger partial charge in [-0.25, -0.2) is 0 Å². The van der Waals surface area contributed by atoms with Gasteiger partial charge in [0.05, 0.1) is 10.9 Å². The van der Waals surface area contributed by atoms with Gasteiger partial charge in [0.2, 0.25) is 5.91 Å². The van der Waals surface area contributed by atoms with Gasteiger partial charge in [0.15, 0.2) is 0 Å². The molecule has 0 aliphatic carbocycles. The number of carboxylic acids is 1. The lowest BCUT2D eigenvalue weighted by Crippen LogP contribution is -2.42. The molecule has 2 rings (SSSR count). The molecule has 2 N–H and O–H groups in total. The summed E-state index contributed by atoms with van der Waals surface area (Å²) in [6, 6.07) is 5.62. The maximum atomic E-state index is 12.0. The third kappa shape index (κ3) is 2.28. The van der Waals surface area contributed by atoms with E-state index in [1.165, 1.54) is 16.7 Å². The van der Waals surface area contributed by atoms with Crippen molar-refractivity contribution < 1.29 is 14.7 Å². The van der Waals surface area contributed by atoms with Gasteiger partial charge < -0.3 is 10.4 Å². The van der Waals surface area contributed by atoms with Gasteiger partial charge in [-0.2, -0.15) is 0 Å². The molecule has 1 unspecified atom stereocenters. The Kier molecular flexibility index (Phi) is 3.47. The van der Waals surface area contributed by atoms with Crippen molar-refractivity contribution in [2.45, 2.75) is 17.1 Å². The Morgan fingerprint density at radius 2 is 2.28 bits per heavy atom. The van der Waals surface area contributed by atoms with E-state index in [9.17, 15) is 9.59 Å². The third-order valence-electron chi connectivity index (χ3n) is 2.75. The fourth-order valence-corrected chi connectivity index (χ4v) is 2.91. The van der Waals surface area contributed by atoms with E-state index in [1.54, 1.807) is 20.0 Å². The highest BCUT2D eigenvalue weighted by molar-refractivity contribution is 8.01. The molecule has 18 heavy (non-hydrogen) atoms. The van der Waals surface area contributed by atoms with E-state index in [1.807, 2.05) is 12.1 Å². The summed E-state index contributed by atoms with van der Waals surface area (Å²) < 4.78 is 0. The fraction of sp³-hybridized carbons (Fsp3) is 0.333. The molecule has 1 atom stereocenters. The van der Waals surface area contributed by atoms with Crippen molar-refractivity contribution in [1.29, 1.82) is 0 Å². The number of nitrogens with one attached hydrogen (secondary N) is 1. The number of thioether (sulfide) groups is 1. The summed E-state index contributed by atoms with van der Waals surface area (Å²) in [5, 5.41) is 11.6. The molecule has 0 saturated carbocycles. The first-order valence-corrected chi connectivity index (χ1v) is 6.42. The molecule has 1 heterocycles. The average Bonchev–Trinajstić information content (AvgIpc) is 2.34. The minimum atomic E-state index is -1.01. The van der Waals surface area contributed by atoms with Crippen LogP contribution < -0.4 is 10.2 Å². The van der Waals surface area contributed by atoms with E-state index in [0.29, 0.717) is 5.69 Å². The third-order valence-corrected chi connectivity index (χ3v) is 3.90. The molecular weight excluding hydrogens is 252 g/mol. The lowest BCUT2D eigenvalue weighted by atomic mass is 10.2. The van der Waals surface area contributed by atoms with Crippen LogP contribution in [-0.4, -0.2) is 35.8 Å². The highest BCUT2D eigenvalue weighted by Gasteiger charge is 2.31. The van der Waals surface area contributed by atoms with Gasteiger partial charge in [0.1, 0.15) is 6.54 Å². The van der Waals surface area contributed by atoms with Crippen LogP contribution in [0.25, 0.3) is 0 Å². The number of hydrogen-bond donors (Lipinski definition) is 2. The van der Waals surface area contributed by atoms with Crippen LogP contribution in [-0.2, 0) is 9.59 Å². The Morgan fingerprint density at radius 1 is 1.56 bits per heavy atom. The number of benzene rings is 1. The highest BCUT2D eigenvalue weighted by Crippen LogP contribution is 2.40. The van der Waals surface area contributed by atoms with Gasteiger partial charge in [-0.1, -0.05) is 0 Å². The maximum Gasteiger partial charge on any atom is 0.323 e. The normalized spacial score (nSPS) is 18.4. The van der Waals surface area contributed by atoms with Gasteiger partial charge in [-0.15, -0.1) is 11.8 Å². The van der Waals surface area contributed by atoms with Crippen molar-refractivity contribution in [3.05, 3.63) is 18.2 Å². The fourth-order valence-electron chi connectivity index (χ4n) is 1.86. The van der Waals surface area contributed by atoms with Crippen LogP contribution in [0.3, 0.4) is 0 Å². The molecule has 1 aromatic rings. The minimum absolute atomic E-state index is 0.164. The van der Waals surface area contributed by atoms with Crippen molar-refractivity contribution in [1.82, 2.24) is 0 Å². The number of carbonyl (C=O) groups is 2. The quantitative estimate of drug-likeness (QED) is 0.870. The standard InChI is InChI=1S/C12H14N2O3S/c1-7-12(17)14(6-11(15)16)9-5-8(13-2)3-4-10(9)18-7/h3-5,7,13H,6H2,1-2H3,(H,15,16). The predicted molar refractivity (Wildman–Crippen MR) is 71.3 cm³/mol. The lowest BCUT2D eigenvalue weighted by molar-refractivity contribution is -0.136. The number of hydrogen-bond acceptors (Lipinski definition) is 4. The molecule has 0 bridgehead atoms. The van der Waals surface area contributed by atoms with Gasteiger partial charge in [0.25, 0.3) is 0 Å². The molecule has 5 nitrogen and oxygen atoms in total. The van der Waals surface area contributed by atoms with Gasteiger partial charge >= 0.3 is 5.97 Å². The van der Waals surface area contributed by atoms with Gasteiger partial charge in [-0.05, 0) is 25.1 Å². The zero-order valence-corrected chi connectivity index (χ0v) is 11.0. The molecule has 0 fully saturated rings. The number of carbonyl (C=O) groups excluding carboxylic acids is 1. The molecule has 0 aromatic heterocycles. The van der Waals surface area contributed by atoms with Crippen LogP contribution in [0.1, 0.15) is 6.92 Å². The number of aliphatic carboxylic acids is 1. The number of amides is 1. The molecule has 6 heteroatoms. The Labute approximate surface area is 109 Å². The zero-order valence-electron chi connectivity index (χ0n) is 10.1. The van der Waals surface area contributed by atoms with E-state index in [4.69, 9.17) is 5.11 Å². The summed E-state index contributed by atoms with van der Waals surface area (Å²) in [5.41, 5.74) is 1.52. The maximum absolute atomic E-state index is 12.0.